The number of nitrogens with zero attached hydrogens (tertiary/aromatic N) is 1. The number of hydrogen-bond acceptors (Lipinski definition) is 4. The molecule has 0 amide bonds. The molecule has 0 aliphatic carbocycles. The van der Waals surface area contributed by atoms with Crippen molar-refractivity contribution in [3.63, 3.8) is 0 Å². The van der Waals surface area contributed by atoms with E-state index in [9.17, 15) is 8.42 Å². The van der Waals surface area contributed by atoms with Gasteiger partial charge in [0.1, 0.15) is 0 Å². The second-order valence-electron chi connectivity index (χ2n) is 6.21. The topological polar surface area (TPSA) is 57.5 Å². The molecule has 0 fully saturated rings. The standard InChI is InChI=1S/C22H19NO4S/c1-26-21-14-8-12-18(22(21)27-2)20-15-16-9-6-7-13-19(16)23(20)28(24,25)17-10-4-3-5-11-17/h3-15H,1-2H3. The van der Waals surface area contributed by atoms with Crippen LogP contribution in [0.2, 0.25) is 0 Å². The second kappa shape index (κ2) is 7.05. The first-order chi connectivity index (χ1) is 13.6. The third-order valence-corrected chi connectivity index (χ3v) is 6.37. The maximum absolute atomic E-state index is 13.5. The van der Waals surface area contributed by atoms with Crippen LogP contribution < -0.4 is 9.47 Å². The molecule has 0 radical (unpaired) electrons. The van der Waals surface area contributed by atoms with Crippen molar-refractivity contribution in [2.24, 2.45) is 0 Å². The van der Waals surface area contributed by atoms with Gasteiger partial charge in [-0.2, -0.15) is 0 Å². The highest BCUT2D eigenvalue weighted by Gasteiger charge is 2.25. The molecule has 0 aliphatic heterocycles. The summed E-state index contributed by atoms with van der Waals surface area (Å²) < 4.78 is 39.4. The second-order valence-corrected chi connectivity index (χ2v) is 8.00. The van der Waals surface area contributed by atoms with Crippen molar-refractivity contribution in [1.82, 2.24) is 3.97 Å². The molecule has 0 saturated heterocycles. The molecule has 0 spiro atoms. The first-order valence-corrected chi connectivity index (χ1v) is 10.1. The fraction of sp³-hybridized carbons (Fsp3) is 0.0909. The predicted molar refractivity (Wildman–Crippen MR) is 110 cm³/mol. The molecule has 0 unspecified atom stereocenters. The summed E-state index contributed by atoms with van der Waals surface area (Å²) in [5.41, 5.74) is 1.75. The third-order valence-electron chi connectivity index (χ3n) is 4.63. The molecule has 3 aromatic carbocycles. The monoisotopic (exact) mass is 393 g/mol. The Morgan fingerprint density at radius 3 is 2.21 bits per heavy atom. The van der Waals surface area contributed by atoms with Gasteiger partial charge in [0.2, 0.25) is 0 Å². The molecule has 1 aromatic heterocycles. The van der Waals surface area contributed by atoms with Gasteiger partial charge in [-0.25, -0.2) is 12.4 Å². The van der Waals surface area contributed by atoms with Crippen molar-refractivity contribution >= 4 is 20.9 Å². The lowest BCUT2D eigenvalue weighted by Gasteiger charge is -2.16. The Morgan fingerprint density at radius 1 is 0.786 bits per heavy atom. The number of para-hydroxylation sites is 2. The normalized spacial score (nSPS) is 11.5. The van der Waals surface area contributed by atoms with Crippen LogP contribution in [0.15, 0.2) is 83.8 Å². The molecule has 0 saturated carbocycles. The Kier molecular flexibility index (Phi) is 4.57. The van der Waals surface area contributed by atoms with Crippen LogP contribution in [0.1, 0.15) is 0 Å². The number of aromatic nitrogens is 1. The minimum Gasteiger partial charge on any atom is -0.493 e. The molecule has 4 rings (SSSR count). The lowest BCUT2D eigenvalue weighted by Crippen LogP contribution is -2.14. The number of ether oxygens (including phenoxy) is 2. The van der Waals surface area contributed by atoms with E-state index in [4.69, 9.17) is 9.47 Å². The minimum absolute atomic E-state index is 0.222. The van der Waals surface area contributed by atoms with E-state index in [2.05, 4.69) is 0 Å². The van der Waals surface area contributed by atoms with Gasteiger partial charge in [0, 0.05) is 10.9 Å². The fourth-order valence-electron chi connectivity index (χ4n) is 3.36. The van der Waals surface area contributed by atoms with E-state index >= 15 is 0 Å². The number of hydrogen-bond donors (Lipinski definition) is 0. The Labute approximate surface area is 163 Å². The number of rotatable bonds is 5. The first-order valence-electron chi connectivity index (χ1n) is 8.70. The zero-order valence-electron chi connectivity index (χ0n) is 15.5. The van der Waals surface area contributed by atoms with Crippen LogP contribution in [0.4, 0.5) is 0 Å². The maximum atomic E-state index is 13.5. The number of fused-ring (bicyclic) bond motifs is 1. The molecule has 4 aromatic rings. The molecule has 0 aliphatic rings. The summed E-state index contributed by atoms with van der Waals surface area (Å²) in [7, 11) is -0.730. The average Bonchev–Trinajstić information content (AvgIpc) is 3.14. The highest BCUT2D eigenvalue weighted by molar-refractivity contribution is 7.90. The summed E-state index contributed by atoms with van der Waals surface area (Å²) in [6, 6.07) is 23.1. The Morgan fingerprint density at radius 2 is 1.50 bits per heavy atom. The van der Waals surface area contributed by atoms with Crippen LogP contribution in [0.3, 0.4) is 0 Å². The molecule has 5 nitrogen and oxygen atoms in total. The van der Waals surface area contributed by atoms with E-state index in [0.29, 0.717) is 28.3 Å². The average molecular weight is 393 g/mol. The first kappa shape index (κ1) is 18.1. The van der Waals surface area contributed by atoms with Gasteiger partial charge in [-0.1, -0.05) is 42.5 Å². The third kappa shape index (κ3) is 2.82. The van der Waals surface area contributed by atoms with Crippen LogP contribution >= 0.6 is 0 Å². The molecule has 1 heterocycles. The lowest BCUT2D eigenvalue weighted by molar-refractivity contribution is 0.356. The fourth-order valence-corrected chi connectivity index (χ4v) is 4.91. The summed E-state index contributed by atoms with van der Waals surface area (Å²) in [6.07, 6.45) is 0. The van der Waals surface area contributed by atoms with Crippen molar-refractivity contribution in [3.05, 3.63) is 78.9 Å². The van der Waals surface area contributed by atoms with Crippen LogP contribution in [-0.4, -0.2) is 26.6 Å². The molecular formula is C22H19NO4S. The van der Waals surface area contributed by atoms with Crippen molar-refractivity contribution in [1.29, 1.82) is 0 Å². The molecule has 0 N–H and O–H groups in total. The van der Waals surface area contributed by atoms with Crippen LogP contribution in [0, 0.1) is 0 Å². The van der Waals surface area contributed by atoms with Crippen molar-refractivity contribution in [3.8, 4) is 22.8 Å². The van der Waals surface area contributed by atoms with E-state index in [1.54, 1.807) is 56.7 Å². The Hall–Kier alpha value is -3.25. The smallest absolute Gasteiger partial charge is 0.268 e. The SMILES string of the molecule is COc1cccc(-c2cc3ccccc3n2S(=O)(=O)c2ccccc2)c1OC. The van der Waals surface area contributed by atoms with Gasteiger partial charge < -0.3 is 9.47 Å². The highest BCUT2D eigenvalue weighted by Crippen LogP contribution is 2.41. The molecule has 28 heavy (non-hydrogen) atoms. The molecular weight excluding hydrogens is 374 g/mol. The van der Waals surface area contributed by atoms with Gasteiger partial charge in [-0.05, 0) is 36.4 Å². The number of benzene rings is 3. The van der Waals surface area contributed by atoms with Gasteiger partial charge in [0.25, 0.3) is 10.0 Å². The van der Waals surface area contributed by atoms with Gasteiger partial charge in [-0.15, -0.1) is 0 Å². The summed E-state index contributed by atoms with van der Waals surface area (Å²) in [4.78, 5) is 0.222. The lowest BCUT2D eigenvalue weighted by atomic mass is 10.1. The molecule has 6 heteroatoms. The molecule has 0 atom stereocenters. The van der Waals surface area contributed by atoms with Crippen LogP contribution in [-0.2, 0) is 10.0 Å². The van der Waals surface area contributed by atoms with E-state index in [0.717, 1.165) is 5.39 Å². The van der Waals surface area contributed by atoms with Crippen LogP contribution in [0.25, 0.3) is 22.2 Å². The quantitative estimate of drug-likeness (QED) is 0.499. The van der Waals surface area contributed by atoms with Gasteiger partial charge in [0.15, 0.2) is 11.5 Å². The number of methoxy groups -OCH3 is 2. The zero-order valence-corrected chi connectivity index (χ0v) is 16.3. The maximum Gasteiger partial charge on any atom is 0.268 e. The van der Waals surface area contributed by atoms with Gasteiger partial charge in [-0.3, -0.25) is 0 Å². The Balaban J connectivity index is 2.09. The zero-order chi connectivity index (χ0) is 19.7. The largest absolute Gasteiger partial charge is 0.493 e. The predicted octanol–water partition coefficient (Wildman–Crippen LogP) is 4.56. The molecule has 0 bridgehead atoms. The van der Waals surface area contributed by atoms with Crippen molar-refractivity contribution < 1.29 is 17.9 Å². The van der Waals surface area contributed by atoms with Gasteiger partial charge in [0.05, 0.1) is 30.3 Å². The highest BCUT2D eigenvalue weighted by atomic mass is 32.2. The van der Waals surface area contributed by atoms with Crippen LogP contribution in [0.5, 0.6) is 11.5 Å². The minimum atomic E-state index is -3.83. The van der Waals surface area contributed by atoms with E-state index in [1.807, 2.05) is 36.4 Å². The summed E-state index contributed by atoms with van der Waals surface area (Å²) in [6.45, 7) is 0. The van der Waals surface area contributed by atoms with E-state index in [-0.39, 0.29) is 4.90 Å². The van der Waals surface area contributed by atoms with Gasteiger partial charge >= 0.3 is 0 Å². The van der Waals surface area contributed by atoms with Crippen molar-refractivity contribution in [2.75, 3.05) is 14.2 Å². The van der Waals surface area contributed by atoms with E-state index < -0.39 is 10.0 Å². The van der Waals surface area contributed by atoms with Crippen molar-refractivity contribution in [2.45, 2.75) is 4.90 Å². The summed E-state index contributed by atoms with van der Waals surface area (Å²) in [5, 5.41) is 0.821. The summed E-state index contributed by atoms with van der Waals surface area (Å²) >= 11 is 0. The van der Waals surface area contributed by atoms with E-state index in [1.165, 1.54) is 3.97 Å². The molecule has 142 valence electrons. The summed E-state index contributed by atoms with van der Waals surface area (Å²) in [5.74, 6) is 1.02. The Bertz CT molecular complexity index is 1240.